The Morgan fingerprint density at radius 3 is 2.33 bits per heavy atom. The first-order valence-electron chi connectivity index (χ1n) is 14.7. The first-order valence-corrected chi connectivity index (χ1v) is 14.7. The average Bonchev–Trinajstić information content (AvgIpc) is 3.19. The van der Waals surface area contributed by atoms with Crippen molar-refractivity contribution in [2.24, 2.45) is 29.1 Å². The van der Waals surface area contributed by atoms with Crippen molar-refractivity contribution in [2.45, 2.75) is 105 Å². The van der Waals surface area contributed by atoms with Gasteiger partial charge in [0, 0.05) is 13.0 Å². The summed E-state index contributed by atoms with van der Waals surface area (Å²) in [6, 6.07) is -0.648. The third kappa shape index (κ3) is 8.76. The summed E-state index contributed by atoms with van der Waals surface area (Å²) in [4.78, 5) is 55.2. The molecule has 0 N–H and O–H groups in total. The monoisotopic (exact) mass is 561 g/mol. The molecule has 2 fully saturated rings. The Balaban J connectivity index is 2.29. The Morgan fingerprint density at radius 1 is 1.07 bits per heavy atom. The number of fused-ring (bicyclic) bond motifs is 1. The zero-order chi connectivity index (χ0) is 30.3. The molecule has 0 radical (unpaired) electrons. The molecule has 0 spiro atoms. The highest BCUT2D eigenvalue weighted by Crippen LogP contribution is 2.65. The van der Waals surface area contributed by atoms with Crippen LogP contribution in [0.15, 0.2) is 25.3 Å². The van der Waals surface area contributed by atoms with E-state index in [0.717, 1.165) is 19.3 Å². The number of hydrogen-bond acceptors (Lipinski definition) is 7. The Kier molecular flexibility index (Phi) is 12.2. The van der Waals surface area contributed by atoms with E-state index in [1.165, 1.54) is 0 Å². The van der Waals surface area contributed by atoms with Gasteiger partial charge < -0.3 is 19.1 Å². The lowest BCUT2D eigenvalue weighted by Gasteiger charge is -2.35. The highest BCUT2D eigenvalue weighted by Gasteiger charge is 2.69. The van der Waals surface area contributed by atoms with Crippen molar-refractivity contribution in [1.29, 1.82) is 0 Å². The van der Waals surface area contributed by atoms with E-state index in [9.17, 15) is 19.2 Å². The summed E-state index contributed by atoms with van der Waals surface area (Å²) < 4.78 is 16.6. The number of unbranched alkanes of at least 4 members (excludes halogenated alkanes) is 2. The highest BCUT2D eigenvalue weighted by molar-refractivity contribution is 5.94. The fraction of sp³-hybridized carbons (Fsp3) is 0.750. The van der Waals surface area contributed by atoms with Gasteiger partial charge in [0.1, 0.15) is 5.60 Å². The molecule has 226 valence electrons. The van der Waals surface area contributed by atoms with Crippen LogP contribution in [0.3, 0.4) is 0 Å². The minimum atomic E-state index is -0.814. The van der Waals surface area contributed by atoms with E-state index in [0.29, 0.717) is 13.0 Å². The molecule has 6 atom stereocenters. The van der Waals surface area contributed by atoms with Gasteiger partial charge in [-0.1, -0.05) is 32.4 Å². The lowest BCUT2D eigenvalue weighted by Crippen LogP contribution is -2.50. The van der Waals surface area contributed by atoms with Crippen LogP contribution in [0, 0.1) is 29.1 Å². The van der Waals surface area contributed by atoms with E-state index in [2.05, 4.69) is 27.0 Å². The van der Waals surface area contributed by atoms with Crippen LogP contribution in [-0.4, -0.2) is 66.0 Å². The van der Waals surface area contributed by atoms with Crippen LogP contribution in [-0.2, 0) is 33.4 Å². The first kappa shape index (κ1) is 33.7. The molecule has 1 saturated carbocycles. The third-order valence-corrected chi connectivity index (χ3v) is 8.27. The zero-order valence-corrected chi connectivity index (χ0v) is 25.7. The van der Waals surface area contributed by atoms with Gasteiger partial charge in [-0.2, -0.15) is 0 Å². The minimum absolute atomic E-state index is 0.0131. The van der Waals surface area contributed by atoms with Crippen LogP contribution in [0.2, 0.25) is 0 Å². The Hall–Kier alpha value is -2.48. The third-order valence-electron chi connectivity index (χ3n) is 8.27. The summed E-state index contributed by atoms with van der Waals surface area (Å²) in [6.45, 7) is 21.4. The molecule has 8 nitrogen and oxygen atoms in total. The van der Waals surface area contributed by atoms with Gasteiger partial charge in [-0.3, -0.25) is 19.2 Å². The highest BCUT2D eigenvalue weighted by atomic mass is 16.6. The SMILES string of the molecule is C=CCCCC[C@H](CC(=O)[C@@H]1[C@@H]2[C@H](CN1C(=O)[C@@H](CC(=O)OC(C)(C)C)[C@H](C)OCC=C)C2(C)C)C(=O)OCC. The van der Waals surface area contributed by atoms with Gasteiger partial charge in [0.15, 0.2) is 5.78 Å². The van der Waals surface area contributed by atoms with Crippen molar-refractivity contribution >= 4 is 23.6 Å². The van der Waals surface area contributed by atoms with E-state index < -0.39 is 35.6 Å². The molecule has 0 aromatic rings. The number of rotatable bonds is 17. The second-order valence-electron chi connectivity index (χ2n) is 12.8. The molecule has 0 aromatic carbocycles. The first-order chi connectivity index (χ1) is 18.7. The lowest BCUT2D eigenvalue weighted by atomic mass is 9.88. The predicted molar refractivity (Wildman–Crippen MR) is 154 cm³/mol. The van der Waals surface area contributed by atoms with E-state index in [1.807, 2.05) is 6.08 Å². The summed E-state index contributed by atoms with van der Waals surface area (Å²) in [6.07, 6.45) is 5.78. The number of esters is 2. The van der Waals surface area contributed by atoms with Gasteiger partial charge in [-0.25, -0.2) is 0 Å². The standard InChI is InChI=1S/C32H51NO7/c1-10-13-14-15-16-22(30(37)38-12-3)18-25(34)28-27-24(32(27,8)9)20-33(28)29(36)23(21(4)39-17-11-2)19-26(35)40-31(5,6)7/h10-11,21-24,27-28H,1-2,12-20H2,3-9H3/t21-,22+,23-,24-,27-,28+/m0/s1. The van der Waals surface area contributed by atoms with E-state index >= 15 is 0 Å². The molecule has 1 amide bonds. The van der Waals surface area contributed by atoms with Crippen LogP contribution >= 0.6 is 0 Å². The van der Waals surface area contributed by atoms with Crippen molar-refractivity contribution in [3.05, 3.63) is 25.3 Å². The number of likely N-dealkylation sites (tertiary alicyclic amines) is 1. The van der Waals surface area contributed by atoms with Crippen molar-refractivity contribution in [2.75, 3.05) is 19.8 Å². The molecule has 40 heavy (non-hydrogen) atoms. The van der Waals surface area contributed by atoms with Crippen molar-refractivity contribution in [3.8, 4) is 0 Å². The number of allylic oxidation sites excluding steroid dienone is 1. The number of nitrogens with zero attached hydrogens (tertiary/aromatic N) is 1. The number of piperidine rings is 1. The maximum absolute atomic E-state index is 14.1. The maximum atomic E-state index is 14.1. The number of ketones is 1. The summed E-state index contributed by atoms with van der Waals surface area (Å²) in [5.74, 6) is -2.44. The zero-order valence-electron chi connectivity index (χ0n) is 25.7. The van der Waals surface area contributed by atoms with Crippen molar-refractivity contribution in [3.63, 3.8) is 0 Å². The smallest absolute Gasteiger partial charge is 0.309 e. The number of Topliss-reactive ketones (excluding diaryl/α,β-unsaturated/α-hetero) is 1. The molecule has 1 heterocycles. The van der Waals surface area contributed by atoms with Gasteiger partial charge >= 0.3 is 11.9 Å². The molecule has 0 aromatic heterocycles. The molecule has 0 bridgehead atoms. The second-order valence-corrected chi connectivity index (χ2v) is 12.8. The van der Waals surface area contributed by atoms with Crippen molar-refractivity contribution in [1.82, 2.24) is 4.90 Å². The Bertz CT molecular complexity index is 934. The normalized spacial score (nSPS) is 23.4. The summed E-state index contributed by atoms with van der Waals surface area (Å²) in [5.41, 5.74) is -0.770. The molecule has 0 unspecified atom stereocenters. The van der Waals surface area contributed by atoms with Crippen LogP contribution in [0.4, 0.5) is 0 Å². The van der Waals surface area contributed by atoms with E-state index in [-0.39, 0.29) is 61.0 Å². The van der Waals surface area contributed by atoms with Gasteiger partial charge in [-0.05, 0) is 71.1 Å². The van der Waals surface area contributed by atoms with E-state index in [4.69, 9.17) is 14.2 Å². The predicted octanol–water partition coefficient (Wildman–Crippen LogP) is 5.29. The fourth-order valence-electron chi connectivity index (χ4n) is 6.05. The lowest BCUT2D eigenvalue weighted by molar-refractivity contribution is -0.162. The van der Waals surface area contributed by atoms with Crippen LogP contribution in [0.25, 0.3) is 0 Å². The summed E-state index contributed by atoms with van der Waals surface area (Å²) in [7, 11) is 0. The quantitative estimate of drug-likeness (QED) is 0.135. The molecule has 2 aliphatic rings. The number of ether oxygens (including phenoxy) is 3. The minimum Gasteiger partial charge on any atom is -0.466 e. The topological polar surface area (TPSA) is 99.2 Å². The fourth-order valence-corrected chi connectivity index (χ4v) is 6.05. The van der Waals surface area contributed by atoms with Crippen LogP contribution in [0.5, 0.6) is 0 Å². The van der Waals surface area contributed by atoms with Gasteiger partial charge in [0.2, 0.25) is 5.91 Å². The second kappa shape index (κ2) is 14.4. The Labute approximate surface area is 240 Å². The van der Waals surface area contributed by atoms with Gasteiger partial charge in [0.05, 0.1) is 43.6 Å². The van der Waals surface area contributed by atoms with Crippen molar-refractivity contribution < 1.29 is 33.4 Å². The van der Waals surface area contributed by atoms with Crippen LogP contribution < -0.4 is 0 Å². The van der Waals surface area contributed by atoms with Crippen LogP contribution in [0.1, 0.15) is 87.0 Å². The molecule has 8 heteroatoms. The largest absolute Gasteiger partial charge is 0.466 e. The maximum Gasteiger partial charge on any atom is 0.309 e. The van der Waals surface area contributed by atoms with Gasteiger partial charge in [-0.15, -0.1) is 13.2 Å². The van der Waals surface area contributed by atoms with Gasteiger partial charge in [0.25, 0.3) is 0 Å². The van der Waals surface area contributed by atoms with E-state index in [1.54, 1.807) is 45.6 Å². The summed E-state index contributed by atoms with van der Waals surface area (Å²) in [5, 5.41) is 0. The molecule has 2 rings (SSSR count). The number of carbonyl (C=O) groups excluding carboxylic acids is 4. The Morgan fingerprint density at radius 2 is 1.75 bits per heavy atom. The molecule has 1 aliphatic carbocycles. The summed E-state index contributed by atoms with van der Waals surface area (Å²) >= 11 is 0. The number of carbonyl (C=O) groups is 4. The molecule has 1 saturated heterocycles. The molecular weight excluding hydrogens is 510 g/mol. The molecule has 1 aliphatic heterocycles. The number of amides is 1. The molecular formula is C32H51NO7. The number of hydrogen-bond donors (Lipinski definition) is 0. The average molecular weight is 562 g/mol.